The normalized spacial score (nSPS) is 11.1. The van der Waals surface area contributed by atoms with Crippen molar-refractivity contribution in [2.24, 2.45) is 0 Å². The van der Waals surface area contributed by atoms with E-state index in [0.29, 0.717) is 16.8 Å². The zero-order valence-electron chi connectivity index (χ0n) is 26.7. The number of nitriles is 2. The van der Waals surface area contributed by atoms with Crippen LogP contribution in [0.1, 0.15) is 11.1 Å². The molecule has 0 fully saturated rings. The second kappa shape index (κ2) is 11.4. The zero-order chi connectivity index (χ0) is 33.8. The Morgan fingerprint density at radius 2 is 1.08 bits per heavy atom. The fourth-order valence-corrected chi connectivity index (χ4v) is 7.40. The van der Waals surface area contributed by atoms with Crippen LogP contribution in [0.4, 0.5) is 5.69 Å². The Labute approximate surface area is 288 Å². The van der Waals surface area contributed by atoms with Gasteiger partial charge in [-0.1, -0.05) is 84.9 Å². The maximum Gasteiger partial charge on any atom is 0.190 e. The summed E-state index contributed by atoms with van der Waals surface area (Å²) in [6, 6.07) is 55.7. The topological polar surface area (TPSA) is 61.8 Å². The summed E-state index contributed by atoms with van der Waals surface area (Å²) in [7, 11) is 0. The molecule has 0 aliphatic rings. The summed E-state index contributed by atoms with van der Waals surface area (Å²) < 4.78 is 4.42. The molecule has 5 nitrogen and oxygen atoms in total. The third-order valence-corrected chi connectivity index (χ3v) is 9.58. The van der Waals surface area contributed by atoms with Gasteiger partial charge in [-0.25, -0.2) is 4.85 Å². The van der Waals surface area contributed by atoms with Crippen LogP contribution in [0.25, 0.3) is 82.1 Å². The van der Waals surface area contributed by atoms with E-state index in [0.717, 1.165) is 77.2 Å². The highest BCUT2D eigenvalue weighted by molar-refractivity contribution is 6.11. The third kappa shape index (κ3) is 4.38. The molecule has 50 heavy (non-hydrogen) atoms. The molecule has 0 spiro atoms. The largest absolute Gasteiger partial charge is 0.310 e. The van der Waals surface area contributed by atoms with Crippen LogP contribution in [0.3, 0.4) is 0 Å². The summed E-state index contributed by atoms with van der Waals surface area (Å²) in [5, 5.41) is 24.4. The summed E-state index contributed by atoms with van der Waals surface area (Å²) in [6.45, 7) is 7.85. The maximum atomic E-state index is 10.5. The number of aromatic nitrogens is 2. The molecule has 9 aromatic rings. The minimum absolute atomic E-state index is 0.419. The Hall–Kier alpha value is -7.39. The first-order chi connectivity index (χ1) is 24.7. The highest BCUT2D eigenvalue weighted by Gasteiger charge is 2.20. The van der Waals surface area contributed by atoms with Gasteiger partial charge in [0.15, 0.2) is 5.69 Å². The Bertz CT molecular complexity index is 2900. The molecule has 0 radical (unpaired) electrons. The molecule has 9 rings (SSSR count). The van der Waals surface area contributed by atoms with Gasteiger partial charge in [-0.05, 0) is 83.4 Å². The molecule has 2 aromatic heterocycles. The van der Waals surface area contributed by atoms with Gasteiger partial charge in [0.2, 0.25) is 0 Å². The lowest BCUT2D eigenvalue weighted by Gasteiger charge is -2.17. The van der Waals surface area contributed by atoms with Crippen molar-refractivity contribution in [3.8, 4) is 45.8 Å². The second-order valence-electron chi connectivity index (χ2n) is 12.3. The SMILES string of the molecule is [C-]#[N+]c1cc(C#N)c(-c2cccc(-c3ccc(-n4c5ccccc5c5cc(C#N)ccc54)cc3)c2)c(-n2c3ccccc3c3ccccc32)c1. The maximum absolute atomic E-state index is 10.5. The first-order valence-electron chi connectivity index (χ1n) is 16.3. The predicted octanol–water partition coefficient (Wildman–Crippen LogP) is 11.5. The first-order valence-corrected chi connectivity index (χ1v) is 16.3. The van der Waals surface area contributed by atoms with Crippen molar-refractivity contribution >= 4 is 49.3 Å². The molecule has 0 amide bonds. The smallest absolute Gasteiger partial charge is 0.190 e. The van der Waals surface area contributed by atoms with Gasteiger partial charge in [0.1, 0.15) is 0 Å². The van der Waals surface area contributed by atoms with Crippen molar-refractivity contribution in [3.63, 3.8) is 0 Å². The number of rotatable bonds is 4. The molecule has 0 saturated carbocycles. The Morgan fingerprint density at radius 3 is 1.72 bits per heavy atom. The van der Waals surface area contributed by atoms with Crippen LogP contribution < -0.4 is 0 Å². The van der Waals surface area contributed by atoms with Gasteiger partial charge in [-0.15, -0.1) is 0 Å². The van der Waals surface area contributed by atoms with E-state index in [4.69, 9.17) is 6.57 Å². The fourth-order valence-electron chi connectivity index (χ4n) is 7.40. The van der Waals surface area contributed by atoms with Gasteiger partial charge in [0.25, 0.3) is 0 Å². The zero-order valence-corrected chi connectivity index (χ0v) is 26.7. The van der Waals surface area contributed by atoms with Crippen molar-refractivity contribution in [2.75, 3.05) is 0 Å². The van der Waals surface area contributed by atoms with E-state index < -0.39 is 0 Å². The number of hydrogen-bond donors (Lipinski definition) is 0. The standard InChI is InChI=1S/C45H25N5/c1-48-34-25-33(28-47)45(44(26-34)50-41-15-6-2-11-36(41)37-12-3-7-16-42(37)50)32-10-8-9-31(24-32)30-18-20-35(21-19-30)49-40-14-5-4-13-38(40)39-23-29(27-46)17-22-43(39)49/h2-26H. The fraction of sp³-hybridized carbons (Fsp3) is 0. The lowest BCUT2D eigenvalue weighted by atomic mass is 9.94. The van der Waals surface area contributed by atoms with Crippen LogP contribution in [-0.4, -0.2) is 9.13 Å². The van der Waals surface area contributed by atoms with Crippen molar-refractivity contribution in [1.29, 1.82) is 10.5 Å². The molecule has 0 aliphatic carbocycles. The van der Waals surface area contributed by atoms with Gasteiger partial charge >= 0.3 is 0 Å². The Kier molecular flexibility index (Phi) is 6.56. The minimum atomic E-state index is 0.419. The third-order valence-electron chi connectivity index (χ3n) is 9.58. The van der Waals surface area contributed by atoms with Crippen molar-refractivity contribution in [3.05, 3.63) is 174 Å². The average molecular weight is 636 g/mol. The van der Waals surface area contributed by atoms with Crippen molar-refractivity contribution < 1.29 is 0 Å². The number of para-hydroxylation sites is 3. The number of fused-ring (bicyclic) bond motifs is 6. The van der Waals surface area contributed by atoms with Crippen LogP contribution in [-0.2, 0) is 0 Å². The van der Waals surface area contributed by atoms with Gasteiger partial charge in [0, 0.05) is 38.5 Å². The molecular formula is C45H25N5. The summed E-state index contributed by atoms with van der Waals surface area (Å²) in [4.78, 5) is 3.75. The molecule has 2 heterocycles. The Morgan fingerprint density at radius 1 is 0.480 bits per heavy atom. The monoisotopic (exact) mass is 635 g/mol. The van der Waals surface area contributed by atoms with E-state index in [1.165, 1.54) is 0 Å². The number of nitrogens with zero attached hydrogens (tertiary/aromatic N) is 5. The van der Waals surface area contributed by atoms with E-state index in [1.807, 2.05) is 72.8 Å². The molecule has 0 aliphatic heterocycles. The second-order valence-corrected chi connectivity index (χ2v) is 12.3. The predicted molar refractivity (Wildman–Crippen MR) is 202 cm³/mol. The van der Waals surface area contributed by atoms with Gasteiger partial charge in [-0.3, -0.25) is 0 Å². The highest BCUT2D eigenvalue weighted by Crippen LogP contribution is 2.41. The van der Waals surface area contributed by atoms with Crippen LogP contribution in [0.2, 0.25) is 0 Å². The highest BCUT2D eigenvalue weighted by atomic mass is 15.0. The number of benzene rings is 7. The molecular weight excluding hydrogens is 611 g/mol. The summed E-state index contributed by atoms with van der Waals surface area (Å²) >= 11 is 0. The van der Waals surface area contributed by atoms with Gasteiger partial charge in [-0.2, -0.15) is 10.5 Å². The molecule has 5 heteroatoms. The quantitative estimate of drug-likeness (QED) is 0.181. The molecule has 7 aromatic carbocycles. The first kappa shape index (κ1) is 28.8. The van der Waals surface area contributed by atoms with E-state index in [9.17, 15) is 10.5 Å². The van der Waals surface area contributed by atoms with E-state index in [-0.39, 0.29) is 0 Å². The molecule has 230 valence electrons. The molecule has 0 bridgehead atoms. The molecule has 0 atom stereocenters. The van der Waals surface area contributed by atoms with Crippen molar-refractivity contribution in [1.82, 2.24) is 9.13 Å². The van der Waals surface area contributed by atoms with E-state index in [1.54, 1.807) is 6.07 Å². The van der Waals surface area contributed by atoms with Crippen molar-refractivity contribution in [2.45, 2.75) is 0 Å². The number of hydrogen-bond acceptors (Lipinski definition) is 2. The summed E-state index contributed by atoms with van der Waals surface area (Å²) in [6.07, 6.45) is 0. The van der Waals surface area contributed by atoms with Crippen LogP contribution in [0.5, 0.6) is 0 Å². The van der Waals surface area contributed by atoms with Gasteiger partial charge < -0.3 is 9.13 Å². The van der Waals surface area contributed by atoms with Crippen LogP contribution in [0, 0.1) is 29.2 Å². The van der Waals surface area contributed by atoms with Crippen LogP contribution in [0.15, 0.2) is 152 Å². The molecule has 0 N–H and O–H groups in total. The lowest BCUT2D eigenvalue weighted by molar-refractivity contribution is 1.18. The lowest BCUT2D eigenvalue weighted by Crippen LogP contribution is -2.00. The average Bonchev–Trinajstić information content (AvgIpc) is 3.70. The Balaban J connectivity index is 1.20. The van der Waals surface area contributed by atoms with E-state index in [2.05, 4.69) is 98.9 Å². The summed E-state index contributed by atoms with van der Waals surface area (Å²) in [5.41, 5.74) is 11.2. The summed E-state index contributed by atoms with van der Waals surface area (Å²) in [5.74, 6) is 0. The molecule has 0 unspecified atom stereocenters. The minimum Gasteiger partial charge on any atom is -0.310 e. The molecule has 0 saturated heterocycles. The van der Waals surface area contributed by atoms with E-state index >= 15 is 0 Å². The van der Waals surface area contributed by atoms with Gasteiger partial charge in [0.05, 0.1) is 51.9 Å². The van der Waals surface area contributed by atoms with Crippen LogP contribution >= 0.6 is 0 Å².